The Kier molecular flexibility index (Phi) is 3.83. The first-order valence-electron chi connectivity index (χ1n) is 6.37. The van der Waals surface area contributed by atoms with E-state index >= 15 is 0 Å². The van der Waals surface area contributed by atoms with Gasteiger partial charge in [-0.3, -0.25) is 0 Å². The van der Waals surface area contributed by atoms with Crippen molar-refractivity contribution >= 4 is 42.9 Å². The van der Waals surface area contributed by atoms with Crippen molar-refractivity contribution in [1.29, 1.82) is 0 Å². The van der Waals surface area contributed by atoms with Gasteiger partial charge in [0.15, 0.2) is 0 Å². The summed E-state index contributed by atoms with van der Waals surface area (Å²) in [6, 6.07) is 10.9. The highest BCUT2D eigenvalue weighted by atomic mass is 32.2. The maximum atomic E-state index is 12.5. The predicted molar refractivity (Wildman–Crippen MR) is 87.3 cm³/mol. The molecule has 0 spiro atoms. The van der Waals surface area contributed by atoms with E-state index in [9.17, 15) is 8.42 Å². The number of hydrogen-bond acceptors (Lipinski definition) is 5. The van der Waals surface area contributed by atoms with Crippen molar-refractivity contribution in [3.8, 4) is 0 Å². The van der Waals surface area contributed by atoms with Gasteiger partial charge in [0, 0.05) is 7.05 Å². The van der Waals surface area contributed by atoms with Gasteiger partial charge in [-0.25, -0.2) is 13.4 Å². The van der Waals surface area contributed by atoms with E-state index in [0.29, 0.717) is 4.21 Å². The van der Waals surface area contributed by atoms with Gasteiger partial charge in [-0.15, -0.1) is 22.7 Å². The summed E-state index contributed by atoms with van der Waals surface area (Å²) in [6.07, 6.45) is 0. The van der Waals surface area contributed by atoms with E-state index in [1.54, 1.807) is 24.6 Å². The zero-order valence-electron chi connectivity index (χ0n) is 11.6. The van der Waals surface area contributed by atoms with E-state index in [-0.39, 0.29) is 6.04 Å². The Bertz CT molecular complexity index is 820. The largest absolute Gasteiger partial charge is 0.252 e. The maximum absolute atomic E-state index is 12.5. The number of aromatic nitrogens is 1. The summed E-state index contributed by atoms with van der Waals surface area (Å²) in [6.45, 7) is 1.86. The quantitative estimate of drug-likeness (QED) is 0.728. The molecule has 2 aromatic heterocycles. The Balaban J connectivity index is 1.96. The lowest BCUT2D eigenvalue weighted by Crippen LogP contribution is -2.29. The summed E-state index contributed by atoms with van der Waals surface area (Å²) in [5.74, 6) is 0. The number of hydrogen-bond donors (Lipinski definition) is 0. The Hall–Kier alpha value is -1.28. The van der Waals surface area contributed by atoms with Gasteiger partial charge < -0.3 is 0 Å². The molecular weight excluding hydrogens is 324 g/mol. The lowest BCUT2D eigenvalue weighted by Gasteiger charge is -2.21. The third-order valence-corrected chi connectivity index (χ3v) is 7.85. The van der Waals surface area contributed by atoms with Gasteiger partial charge in [0.25, 0.3) is 10.0 Å². The normalized spacial score (nSPS) is 13.9. The topological polar surface area (TPSA) is 50.3 Å². The molecule has 0 aliphatic rings. The number of fused-ring (bicyclic) bond motifs is 1. The third kappa shape index (κ3) is 2.62. The van der Waals surface area contributed by atoms with Crippen molar-refractivity contribution in [2.75, 3.05) is 7.05 Å². The van der Waals surface area contributed by atoms with Crippen molar-refractivity contribution < 1.29 is 8.42 Å². The third-order valence-electron chi connectivity index (χ3n) is 3.34. The average molecular weight is 338 g/mol. The SMILES string of the molecule is C[C@@H](c1nc2ccccc2s1)N(C)S(=O)(=O)c1cccs1. The molecule has 3 rings (SSSR count). The minimum Gasteiger partial charge on any atom is -0.239 e. The molecule has 21 heavy (non-hydrogen) atoms. The maximum Gasteiger partial charge on any atom is 0.252 e. The molecule has 3 aromatic rings. The Labute approximate surface area is 131 Å². The highest BCUT2D eigenvalue weighted by molar-refractivity contribution is 7.91. The number of benzene rings is 1. The van der Waals surface area contributed by atoms with Crippen LogP contribution in [0, 0.1) is 0 Å². The van der Waals surface area contributed by atoms with Crippen LogP contribution in [0.3, 0.4) is 0 Å². The van der Waals surface area contributed by atoms with E-state index in [4.69, 9.17) is 0 Å². The van der Waals surface area contributed by atoms with Crippen LogP contribution in [0.2, 0.25) is 0 Å². The zero-order valence-corrected chi connectivity index (χ0v) is 14.0. The summed E-state index contributed by atoms with van der Waals surface area (Å²) < 4.78 is 27.9. The first-order chi connectivity index (χ1) is 10.00. The Morgan fingerprint density at radius 2 is 1.95 bits per heavy atom. The monoisotopic (exact) mass is 338 g/mol. The van der Waals surface area contributed by atoms with Crippen LogP contribution in [0.25, 0.3) is 10.2 Å². The van der Waals surface area contributed by atoms with Crippen LogP contribution in [0.5, 0.6) is 0 Å². The van der Waals surface area contributed by atoms with Crippen molar-refractivity contribution in [2.45, 2.75) is 17.2 Å². The lowest BCUT2D eigenvalue weighted by atomic mass is 10.3. The molecule has 1 aromatic carbocycles. The fourth-order valence-corrected chi connectivity index (χ4v) is 5.62. The Morgan fingerprint density at radius 1 is 1.19 bits per heavy atom. The van der Waals surface area contributed by atoms with Gasteiger partial charge in [0.2, 0.25) is 0 Å². The van der Waals surface area contributed by atoms with E-state index in [1.807, 2.05) is 31.2 Å². The fraction of sp³-hybridized carbons (Fsp3) is 0.214. The molecule has 0 saturated heterocycles. The molecule has 0 saturated carbocycles. The Morgan fingerprint density at radius 3 is 2.62 bits per heavy atom. The number of para-hydroxylation sites is 1. The van der Waals surface area contributed by atoms with Crippen molar-refractivity contribution in [2.24, 2.45) is 0 Å². The molecule has 0 aliphatic heterocycles. The number of sulfonamides is 1. The second kappa shape index (κ2) is 5.49. The van der Waals surface area contributed by atoms with E-state index < -0.39 is 10.0 Å². The molecule has 0 radical (unpaired) electrons. The zero-order chi connectivity index (χ0) is 15.0. The number of thiophene rings is 1. The molecule has 2 heterocycles. The number of thiazole rings is 1. The van der Waals surface area contributed by atoms with Gasteiger partial charge in [-0.05, 0) is 30.5 Å². The van der Waals surface area contributed by atoms with E-state index in [1.165, 1.54) is 27.0 Å². The molecule has 0 N–H and O–H groups in total. The molecule has 4 nitrogen and oxygen atoms in total. The number of rotatable bonds is 4. The molecule has 0 aliphatic carbocycles. The summed E-state index contributed by atoms with van der Waals surface area (Å²) in [4.78, 5) is 4.54. The van der Waals surface area contributed by atoms with Gasteiger partial charge >= 0.3 is 0 Å². The van der Waals surface area contributed by atoms with Gasteiger partial charge in [-0.1, -0.05) is 18.2 Å². The van der Waals surface area contributed by atoms with Gasteiger partial charge in [0.1, 0.15) is 9.22 Å². The number of nitrogens with zero attached hydrogens (tertiary/aromatic N) is 2. The molecule has 110 valence electrons. The minimum atomic E-state index is -3.46. The fourth-order valence-electron chi connectivity index (χ4n) is 1.98. The van der Waals surface area contributed by atoms with Crippen molar-refractivity contribution in [1.82, 2.24) is 9.29 Å². The minimum absolute atomic E-state index is 0.297. The van der Waals surface area contributed by atoms with E-state index in [0.717, 1.165) is 15.2 Å². The highest BCUT2D eigenvalue weighted by Crippen LogP contribution is 2.32. The smallest absolute Gasteiger partial charge is 0.239 e. The standard InChI is InChI=1S/C14H14N2O2S3/c1-10(14-15-11-6-3-4-7-12(11)20-14)16(2)21(17,18)13-8-5-9-19-13/h3-10H,1-2H3/t10-/m0/s1. The molecule has 7 heteroatoms. The molecule has 0 amide bonds. The van der Waals surface area contributed by atoms with Crippen LogP contribution >= 0.6 is 22.7 Å². The van der Waals surface area contributed by atoms with Crippen LogP contribution in [-0.4, -0.2) is 24.8 Å². The lowest BCUT2D eigenvalue weighted by molar-refractivity contribution is 0.399. The predicted octanol–water partition coefficient (Wildman–Crippen LogP) is 3.74. The second-order valence-electron chi connectivity index (χ2n) is 4.65. The molecule has 0 bridgehead atoms. The first kappa shape index (κ1) is 14.6. The van der Waals surface area contributed by atoms with Gasteiger partial charge in [0.05, 0.1) is 16.3 Å². The summed E-state index contributed by atoms with van der Waals surface area (Å²) in [5.41, 5.74) is 0.909. The summed E-state index contributed by atoms with van der Waals surface area (Å²) >= 11 is 2.76. The second-order valence-corrected chi connectivity index (χ2v) is 8.88. The summed E-state index contributed by atoms with van der Waals surface area (Å²) in [7, 11) is -1.86. The van der Waals surface area contributed by atoms with Gasteiger partial charge in [-0.2, -0.15) is 4.31 Å². The first-order valence-corrected chi connectivity index (χ1v) is 9.51. The van der Waals surface area contributed by atoms with Crippen molar-refractivity contribution in [3.63, 3.8) is 0 Å². The van der Waals surface area contributed by atoms with E-state index in [2.05, 4.69) is 4.98 Å². The molecule has 0 unspecified atom stereocenters. The summed E-state index contributed by atoms with van der Waals surface area (Å²) in [5, 5.41) is 2.57. The van der Waals surface area contributed by atoms with Crippen LogP contribution in [-0.2, 0) is 10.0 Å². The van der Waals surface area contributed by atoms with Crippen LogP contribution in [0.15, 0.2) is 46.0 Å². The molecule has 0 fully saturated rings. The van der Waals surface area contributed by atoms with Crippen LogP contribution in [0.4, 0.5) is 0 Å². The van der Waals surface area contributed by atoms with Crippen LogP contribution in [0.1, 0.15) is 18.0 Å². The van der Waals surface area contributed by atoms with Crippen molar-refractivity contribution in [3.05, 3.63) is 46.8 Å². The van der Waals surface area contributed by atoms with Crippen LogP contribution < -0.4 is 0 Å². The molecular formula is C14H14N2O2S3. The average Bonchev–Trinajstić information content (AvgIpc) is 3.14. The highest BCUT2D eigenvalue weighted by Gasteiger charge is 2.28. The molecule has 1 atom stereocenters.